The van der Waals surface area contributed by atoms with Gasteiger partial charge in [-0.15, -0.1) is 0 Å². The minimum absolute atomic E-state index is 0.102. The molecule has 0 aliphatic heterocycles. The molecule has 1 rings (SSSR count). The first kappa shape index (κ1) is 25.9. The fourth-order valence-electron chi connectivity index (χ4n) is 2.96. The third kappa shape index (κ3) is 11.0. The minimum atomic E-state index is -4.41. The quantitative estimate of drug-likeness (QED) is 0.270. The van der Waals surface area contributed by atoms with Crippen LogP contribution >= 0.6 is 15.4 Å². The molecule has 0 saturated heterocycles. The van der Waals surface area contributed by atoms with Crippen LogP contribution in [0.5, 0.6) is 0 Å². The SMILES string of the molecule is CCOC[P+](=O)C(CCCc1ccc(/C=C(\C)CCC=C(C)C)cc1)P(=O)(O)O. The molecule has 2 unspecified atom stereocenters. The first-order chi connectivity index (χ1) is 13.6. The molecule has 0 fully saturated rings. The monoisotopic (exact) mass is 441 g/mol. The maximum absolute atomic E-state index is 12.2. The Hall–Kier alpha value is -1.09. The van der Waals surface area contributed by atoms with Crippen molar-refractivity contribution in [2.24, 2.45) is 0 Å². The van der Waals surface area contributed by atoms with E-state index in [4.69, 9.17) is 4.74 Å². The molecule has 29 heavy (non-hydrogen) atoms. The van der Waals surface area contributed by atoms with E-state index in [-0.39, 0.29) is 12.8 Å². The van der Waals surface area contributed by atoms with E-state index < -0.39 is 20.8 Å². The van der Waals surface area contributed by atoms with E-state index >= 15 is 0 Å². The van der Waals surface area contributed by atoms with Crippen molar-refractivity contribution in [3.8, 4) is 0 Å². The molecule has 0 aliphatic carbocycles. The molecule has 0 aliphatic rings. The van der Waals surface area contributed by atoms with Crippen LogP contribution in [0.2, 0.25) is 0 Å². The van der Waals surface area contributed by atoms with Crippen LogP contribution in [0.4, 0.5) is 0 Å². The van der Waals surface area contributed by atoms with E-state index in [1.54, 1.807) is 6.92 Å². The lowest BCUT2D eigenvalue weighted by Crippen LogP contribution is -2.07. The van der Waals surface area contributed by atoms with E-state index in [1.165, 1.54) is 11.1 Å². The third-order valence-corrected chi connectivity index (χ3v) is 8.63. The van der Waals surface area contributed by atoms with Gasteiger partial charge in [-0.05, 0) is 64.5 Å². The van der Waals surface area contributed by atoms with Crippen LogP contribution in [0.25, 0.3) is 6.08 Å². The highest BCUT2D eigenvalue weighted by Gasteiger charge is 2.44. The third-order valence-electron chi connectivity index (χ3n) is 4.56. The second kappa shape index (κ2) is 13.3. The first-order valence-corrected chi connectivity index (χ1v) is 13.3. The molecule has 0 saturated carbocycles. The lowest BCUT2D eigenvalue weighted by Gasteiger charge is -2.10. The van der Waals surface area contributed by atoms with Crippen LogP contribution in [0.3, 0.4) is 0 Å². The Balaban J connectivity index is 2.59. The van der Waals surface area contributed by atoms with Crippen molar-refractivity contribution < 1.29 is 23.7 Å². The average molecular weight is 441 g/mol. The number of hydrogen-bond donors (Lipinski definition) is 2. The molecule has 0 bridgehead atoms. The number of aryl methyl sites for hydroxylation is 1. The fraction of sp³-hybridized carbons (Fsp3) is 0.545. The van der Waals surface area contributed by atoms with Gasteiger partial charge in [0.25, 0.3) is 5.40 Å². The summed E-state index contributed by atoms with van der Waals surface area (Å²) in [4.78, 5) is 19.0. The van der Waals surface area contributed by atoms with E-state index in [0.29, 0.717) is 19.4 Å². The molecule has 5 nitrogen and oxygen atoms in total. The summed E-state index contributed by atoms with van der Waals surface area (Å²) in [5.41, 5.74) is 4.92. The molecule has 2 N–H and O–H groups in total. The van der Waals surface area contributed by atoms with Gasteiger partial charge in [0.15, 0.2) is 0 Å². The van der Waals surface area contributed by atoms with Gasteiger partial charge in [-0.2, -0.15) is 0 Å². The summed E-state index contributed by atoms with van der Waals surface area (Å²) in [6, 6.07) is 8.22. The summed E-state index contributed by atoms with van der Waals surface area (Å²) >= 11 is 0. The zero-order valence-electron chi connectivity index (χ0n) is 18.0. The van der Waals surface area contributed by atoms with Crippen molar-refractivity contribution in [2.75, 3.05) is 13.0 Å². The van der Waals surface area contributed by atoms with Gasteiger partial charge in [0.1, 0.15) is 0 Å². The summed E-state index contributed by atoms with van der Waals surface area (Å²) in [6.07, 6.45) is 7.90. The van der Waals surface area contributed by atoms with Crippen molar-refractivity contribution in [3.63, 3.8) is 0 Å². The second-order valence-corrected chi connectivity index (χ2v) is 11.5. The Labute approximate surface area is 176 Å². The highest BCUT2D eigenvalue weighted by Crippen LogP contribution is 2.55. The second-order valence-electron chi connectivity index (χ2n) is 7.55. The zero-order valence-corrected chi connectivity index (χ0v) is 19.8. The van der Waals surface area contributed by atoms with Crippen LogP contribution in [0.1, 0.15) is 64.5 Å². The van der Waals surface area contributed by atoms with Gasteiger partial charge in [0.05, 0.1) is 0 Å². The number of benzene rings is 1. The zero-order chi connectivity index (χ0) is 21.9. The molecule has 0 amide bonds. The normalized spacial score (nSPS) is 13.9. The molecule has 0 spiro atoms. The lowest BCUT2D eigenvalue weighted by atomic mass is 10.0. The Bertz CT molecular complexity index is 743. The molecule has 0 aromatic heterocycles. The molecule has 1 aromatic carbocycles. The van der Waals surface area contributed by atoms with Crippen molar-refractivity contribution in [1.82, 2.24) is 0 Å². The standard InChI is InChI=1S/C22H34O5P2/c1-5-27-17-28(23)22(29(24,25)26)11-7-10-20-12-14-21(15-13-20)16-19(4)9-6-8-18(2)3/h8,12-16,22H,5-7,9-11,17H2,1-4H3,(H-,24,25,26)/p+1/b19-16+. The average Bonchev–Trinajstić information content (AvgIpc) is 2.63. The van der Waals surface area contributed by atoms with Crippen molar-refractivity contribution >= 4 is 21.5 Å². The number of rotatable bonds is 13. The van der Waals surface area contributed by atoms with Crippen LogP contribution in [0.15, 0.2) is 41.5 Å². The van der Waals surface area contributed by atoms with Crippen LogP contribution in [-0.2, 0) is 20.3 Å². The Morgan fingerprint density at radius 3 is 2.41 bits per heavy atom. The number of ether oxygens (including phenoxy) is 1. The van der Waals surface area contributed by atoms with Gasteiger partial charge in [-0.3, -0.25) is 4.57 Å². The van der Waals surface area contributed by atoms with Crippen LogP contribution < -0.4 is 0 Å². The van der Waals surface area contributed by atoms with Crippen molar-refractivity contribution in [2.45, 2.75) is 65.2 Å². The van der Waals surface area contributed by atoms with Gasteiger partial charge in [0, 0.05) is 13.0 Å². The van der Waals surface area contributed by atoms with Crippen LogP contribution in [-0.4, -0.2) is 28.1 Å². The number of allylic oxidation sites excluding steroid dienone is 3. The van der Waals surface area contributed by atoms with Crippen molar-refractivity contribution in [1.29, 1.82) is 0 Å². The summed E-state index contributed by atoms with van der Waals surface area (Å²) in [5.74, 6) is 0. The van der Waals surface area contributed by atoms with E-state index in [9.17, 15) is 18.9 Å². The molecule has 1 aromatic rings. The molecule has 0 heterocycles. The van der Waals surface area contributed by atoms with Gasteiger partial charge < -0.3 is 14.5 Å². The van der Waals surface area contributed by atoms with Gasteiger partial charge >= 0.3 is 15.4 Å². The molecular formula is C22H35O5P2+. The molecule has 2 atom stereocenters. The first-order valence-electron chi connectivity index (χ1n) is 10.1. The van der Waals surface area contributed by atoms with Gasteiger partial charge in [0.2, 0.25) is 6.35 Å². The van der Waals surface area contributed by atoms with E-state index in [2.05, 4.69) is 45.1 Å². The smallest absolute Gasteiger partial charge is 0.338 e. The predicted molar refractivity (Wildman–Crippen MR) is 122 cm³/mol. The Morgan fingerprint density at radius 2 is 1.86 bits per heavy atom. The molecule has 162 valence electrons. The Kier molecular flexibility index (Phi) is 11.9. The summed E-state index contributed by atoms with van der Waals surface area (Å²) in [6.45, 7) is 8.50. The van der Waals surface area contributed by atoms with E-state index in [1.807, 2.05) is 12.1 Å². The minimum Gasteiger partial charge on any atom is -0.338 e. The van der Waals surface area contributed by atoms with Gasteiger partial charge in [-0.1, -0.05) is 52.1 Å². The highest BCUT2D eigenvalue weighted by molar-refractivity contribution is 7.67. The maximum Gasteiger partial charge on any atom is 0.382 e. The summed E-state index contributed by atoms with van der Waals surface area (Å²) in [7, 11) is -6.50. The largest absolute Gasteiger partial charge is 0.382 e. The fourth-order valence-corrected chi connectivity index (χ4v) is 6.03. The van der Waals surface area contributed by atoms with Crippen LogP contribution in [0, 0.1) is 0 Å². The predicted octanol–water partition coefficient (Wildman–Crippen LogP) is 6.48. The number of hydrogen-bond acceptors (Lipinski definition) is 3. The highest BCUT2D eigenvalue weighted by atomic mass is 31.2. The Morgan fingerprint density at radius 1 is 1.21 bits per heavy atom. The maximum atomic E-state index is 12.2. The molecule has 7 heteroatoms. The summed E-state index contributed by atoms with van der Waals surface area (Å²) < 4.78 is 28.9. The molecular weight excluding hydrogens is 406 g/mol. The van der Waals surface area contributed by atoms with E-state index in [0.717, 1.165) is 24.0 Å². The summed E-state index contributed by atoms with van der Waals surface area (Å²) in [5, 5.41) is -1.13. The van der Waals surface area contributed by atoms with Crippen molar-refractivity contribution in [3.05, 3.63) is 52.6 Å². The molecule has 0 radical (unpaired) electrons. The topological polar surface area (TPSA) is 83.8 Å². The van der Waals surface area contributed by atoms with Gasteiger partial charge in [-0.25, -0.2) is 0 Å². The lowest BCUT2D eigenvalue weighted by molar-refractivity contribution is 0.193.